The Morgan fingerprint density at radius 1 is 1.27 bits per heavy atom. The number of anilines is 2. The van der Waals surface area contributed by atoms with Gasteiger partial charge in [0.05, 0.1) is 18.1 Å². The molecule has 3 rings (SSSR count). The van der Waals surface area contributed by atoms with Crippen molar-refractivity contribution in [1.29, 1.82) is 0 Å². The summed E-state index contributed by atoms with van der Waals surface area (Å²) in [5.41, 5.74) is 7.14. The number of nitrogens with two attached hydrogens (primary N) is 1. The van der Waals surface area contributed by atoms with Gasteiger partial charge in [-0.25, -0.2) is 9.50 Å². The van der Waals surface area contributed by atoms with E-state index in [4.69, 9.17) is 5.73 Å². The second-order valence-corrected chi connectivity index (χ2v) is 3.89. The van der Waals surface area contributed by atoms with Crippen LogP contribution in [0.5, 0.6) is 0 Å². The van der Waals surface area contributed by atoms with Crippen molar-refractivity contribution >= 4 is 17.2 Å². The summed E-state index contributed by atoms with van der Waals surface area (Å²) < 4.78 is 1.74. The maximum Gasteiger partial charge on any atom is 0.157 e. The summed E-state index contributed by atoms with van der Waals surface area (Å²) in [4.78, 5) is 6.50. The van der Waals surface area contributed by atoms with E-state index in [1.54, 1.807) is 16.9 Å². The third kappa shape index (κ3) is 1.40. The summed E-state index contributed by atoms with van der Waals surface area (Å²) in [6.45, 7) is 2.19. The van der Waals surface area contributed by atoms with Gasteiger partial charge < -0.3 is 10.6 Å². The fraction of sp³-hybridized carbons (Fsp3) is 0.400. The summed E-state index contributed by atoms with van der Waals surface area (Å²) in [5, 5.41) is 4.46. The lowest BCUT2D eigenvalue weighted by molar-refractivity contribution is 0.879. The lowest BCUT2D eigenvalue weighted by Crippen LogP contribution is -2.17. The summed E-state index contributed by atoms with van der Waals surface area (Å²) in [6, 6.07) is 2.00. The summed E-state index contributed by atoms with van der Waals surface area (Å²) >= 11 is 0. The van der Waals surface area contributed by atoms with Gasteiger partial charge in [-0.05, 0) is 12.8 Å². The maximum atomic E-state index is 5.65. The van der Waals surface area contributed by atoms with E-state index in [0.717, 1.165) is 24.6 Å². The third-order valence-electron chi connectivity index (χ3n) is 2.75. The van der Waals surface area contributed by atoms with Crippen LogP contribution < -0.4 is 10.6 Å². The van der Waals surface area contributed by atoms with Gasteiger partial charge in [0, 0.05) is 19.2 Å². The molecule has 3 heterocycles. The number of nitrogen functional groups attached to an aromatic ring is 1. The molecule has 78 valence electrons. The minimum absolute atomic E-state index is 0.638. The van der Waals surface area contributed by atoms with Crippen molar-refractivity contribution in [3.05, 3.63) is 18.5 Å². The van der Waals surface area contributed by atoms with Gasteiger partial charge in [0.15, 0.2) is 11.5 Å². The minimum Gasteiger partial charge on any atom is -0.396 e. The zero-order valence-corrected chi connectivity index (χ0v) is 8.43. The molecular weight excluding hydrogens is 190 g/mol. The Morgan fingerprint density at radius 3 is 2.87 bits per heavy atom. The smallest absolute Gasteiger partial charge is 0.157 e. The second kappa shape index (κ2) is 3.12. The Bertz CT molecular complexity index is 484. The van der Waals surface area contributed by atoms with E-state index in [1.807, 2.05) is 6.07 Å². The molecule has 5 heteroatoms. The van der Waals surface area contributed by atoms with E-state index >= 15 is 0 Å². The molecule has 1 fully saturated rings. The summed E-state index contributed by atoms with van der Waals surface area (Å²) in [7, 11) is 0. The SMILES string of the molecule is Nc1cnc2cc(N3CCCC3)nn2c1. The third-order valence-corrected chi connectivity index (χ3v) is 2.75. The van der Waals surface area contributed by atoms with E-state index in [0.29, 0.717) is 5.69 Å². The predicted octanol–water partition coefficient (Wildman–Crippen LogP) is 0.912. The van der Waals surface area contributed by atoms with E-state index in [-0.39, 0.29) is 0 Å². The summed E-state index contributed by atoms with van der Waals surface area (Å²) in [6.07, 6.45) is 5.96. The van der Waals surface area contributed by atoms with Crippen molar-refractivity contribution in [3.63, 3.8) is 0 Å². The number of hydrogen-bond acceptors (Lipinski definition) is 4. The molecule has 5 nitrogen and oxygen atoms in total. The number of rotatable bonds is 1. The summed E-state index contributed by atoms with van der Waals surface area (Å²) in [5.74, 6) is 1.01. The van der Waals surface area contributed by atoms with E-state index in [1.165, 1.54) is 12.8 Å². The first-order valence-corrected chi connectivity index (χ1v) is 5.19. The number of nitrogens with zero attached hydrogens (tertiary/aromatic N) is 4. The first-order chi connectivity index (χ1) is 7.33. The Labute approximate surface area is 87.5 Å². The van der Waals surface area contributed by atoms with Crippen LogP contribution in [0, 0.1) is 0 Å². The second-order valence-electron chi connectivity index (χ2n) is 3.89. The number of aromatic nitrogens is 3. The van der Waals surface area contributed by atoms with Crippen molar-refractivity contribution in [3.8, 4) is 0 Å². The van der Waals surface area contributed by atoms with Crippen LogP contribution in [0.15, 0.2) is 18.5 Å². The quantitative estimate of drug-likeness (QED) is 0.748. The molecule has 0 bridgehead atoms. The van der Waals surface area contributed by atoms with Gasteiger partial charge in [0.2, 0.25) is 0 Å². The van der Waals surface area contributed by atoms with Crippen molar-refractivity contribution in [2.24, 2.45) is 0 Å². The van der Waals surface area contributed by atoms with Gasteiger partial charge in [0.25, 0.3) is 0 Å². The number of hydrogen-bond donors (Lipinski definition) is 1. The van der Waals surface area contributed by atoms with Gasteiger partial charge in [-0.15, -0.1) is 5.10 Å². The highest BCUT2D eigenvalue weighted by molar-refractivity contribution is 5.54. The van der Waals surface area contributed by atoms with Crippen LogP contribution >= 0.6 is 0 Å². The molecule has 2 N–H and O–H groups in total. The highest BCUT2D eigenvalue weighted by Crippen LogP contribution is 2.19. The molecule has 0 unspecified atom stereocenters. The first kappa shape index (κ1) is 8.52. The molecule has 0 spiro atoms. The molecule has 0 radical (unpaired) electrons. The Hall–Kier alpha value is -1.78. The Balaban J connectivity index is 2.05. The Kier molecular flexibility index (Phi) is 1.77. The van der Waals surface area contributed by atoms with Crippen molar-refractivity contribution < 1.29 is 0 Å². The predicted molar refractivity (Wildman–Crippen MR) is 58.8 cm³/mol. The molecule has 2 aromatic rings. The molecular formula is C10H13N5. The Morgan fingerprint density at radius 2 is 2.07 bits per heavy atom. The average molecular weight is 203 g/mol. The molecule has 1 aliphatic heterocycles. The van der Waals surface area contributed by atoms with Crippen LogP contribution in [0.1, 0.15) is 12.8 Å². The van der Waals surface area contributed by atoms with E-state index < -0.39 is 0 Å². The lowest BCUT2D eigenvalue weighted by atomic mass is 10.4. The topological polar surface area (TPSA) is 59.5 Å². The largest absolute Gasteiger partial charge is 0.396 e. The molecule has 1 saturated heterocycles. The van der Waals surface area contributed by atoms with Crippen molar-refractivity contribution in [2.45, 2.75) is 12.8 Å². The van der Waals surface area contributed by atoms with Crippen LogP contribution in [0.2, 0.25) is 0 Å². The fourth-order valence-electron chi connectivity index (χ4n) is 1.98. The zero-order chi connectivity index (χ0) is 10.3. The zero-order valence-electron chi connectivity index (χ0n) is 8.43. The van der Waals surface area contributed by atoms with Crippen LogP contribution in [0.25, 0.3) is 5.65 Å². The number of fused-ring (bicyclic) bond motifs is 1. The van der Waals surface area contributed by atoms with Crippen LogP contribution in [-0.4, -0.2) is 27.7 Å². The highest BCUT2D eigenvalue weighted by atomic mass is 15.3. The van der Waals surface area contributed by atoms with Gasteiger partial charge in [0.1, 0.15) is 0 Å². The lowest BCUT2D eigenvalue weighted by Gasteiger charge is -2.12. The van der Waals surface area contributed by atoms with Gasteiger partial charge >= 0.3 is 0 Å². The van der Waals surface area contributed by atoms with Crippen molar-refractivity contribution in [1.82, 2.24) is 14.6 Å². The van der Waals surface area contributed by atoms with Gasteiger partial charge in [-0.1, -0.05) is 0 Å². The normalized spacial score (nSPS) is 16.4. The van der Waals surface area contributed by atoms with E-state index in [2.05, 4.69) is 15.0 Å². The monoisotopic (exact) mass is 203 g/mol. The van der Waals surface area contributed by atoms with Gasteiger partial charge in [-0.2, -0.15) is 0 Å². The molecule has 2 aromatic heterocycles. The molecule has 0 saturated carbocycles. The maximum absolute atomic E-state index is 5.65. The van der Waals surface area contributed by atoms with Gasteiger partial charge in [-0.3, -0.25) is 0 Å². The fourth-order valence-corrected chi connectivity index (χ4v) is 1.98. The van der Waals surface area contributed by atoms with Crippen LogP contribution in [-0.2, 0) is 0 Å². The van der Waals surface area contributed by atoms with E-state index in [9.17, 15) is 0 Å². The van der Waals surface area contributed by atoms with Crippen molar-refractivity contribution in [2.75, 3.05) is 23.7 Å². The molecule has 1 aliphatic rings. The average Bonchev–Trinajstić information content (AvgIpc) is 2.84. The molecule has 0 aliphatic carbocycles. The first-order valence-electron chi connectivity index (χ1n) is 5.19. The molecule has 0 atom stereocenters. The molecule has 0 amide bonds. The van der Waals surface area contributed by atoms with Crippen LogP contribution in [0.4, 0.5) is 11.5 Å². The minimum atomic E-state index is 0.638. The van der Waals surface area contributed by atoms with Crippen LogP contribution in [0.3, 0.4) is 0 Å². The molecule has 15 heavy (non-hydrogen) atoms. The standard InChI is InChI=1S/C10H13N5/c11-8-6-12-9-5-10(13-15(9)7-8)14-3-1-2-4-14/h5-7H,1-4,11H2. The molecule has 0 aromatic carbocycles. The highest BCUT2D eigenvalue weighted by Gasteiger charge is 2.15.